The molecule has 1 fully saturated rings. The molecule has 0 saturated carbocycles. The Morgan fingerprint density at radius 3 is 2.34 bits per heavy atom. The molecule has 1 amide bonds. The number of alkyl carbamates (subject to hydrolysis) is 1. The molecule has 2 N–H and O–H groups in total. The SMILES string of the molecule is CNCC(=Cc1cccc(CNC(=O)OC(C)(C)C)c1)B1OC(C)(C)C(C)(C)O1. The molecule has 0 aromatic heterocycles. The fourth-order valence-corrected chi connectivity index (χ4v) is 2.90. The smallest absolute Gasteiger partial charge is 0.444 e. The second kappa shape index (κ2) is 8.90. The molecule has 0 atom stereocenters. The van der Waals surface area contributed by atoms with E-state index in [-0.39, 0.29) is 11.2 Å². The standard InChI is InChI=1S/C22H35BN2O4/c1-20(2,3)27-19(26)25-14-17-11-9-10-16(12-17)13-18(15-24-8)23-28-21(4,5)22(6,7)29-23/h9-13,24H,14-15H2,1-8H3,(H,25,26). The Morgan fingerprint density at radius 1 is 1.17 bits per heavy atom. The molecule has 0 bridgehead atoms. The second-order valence-corrected chi connectivity index (χ2v) is 9.44. The van der Waals surface area contributed by atoms with Crippen molar-refractivity contribution in [1.29, 1.82) is 0 Å². The van der Waals surface area contributed by atoms with E-state index in [1.165, 1.54) is 0 Å². The first kappa shape index (κ1) is 23.5. The molecule has 2 rings (SSSR count). The first-order valence-corrected chi connectivity index (χ1v) is 10.1. The minimum atomic E-state index is -0.514. The largest absolute Gasteiger partial charge is 0.491 e. The predicted molar refractivity (Wildman–Crippen MR) is 118 cm³/mol. The highest BCUT2D eigenvalue weighted by Gasteiger charge is 2.52. The van der Waals surface area contributed by atoms with Crippen molar-refractivity contribution in [1.82, 2.24) is 10.6 Å². The van der Waals surface area contributed by atoms with Gasteiger partial charge in [-0.15, -0.1) is 0 Å². The fourth-order valence-electron chi connectivity index (χ4n) is 2.90. The Labute approximate surface area is 175 Å². The van der Waals surface area contributed by atoms with Crippen LogP contribution in [0.5, 0.6) is 0 Å². The molecule has 0 unspecified atom stereocenters. The normalized spacial score (nSPS) is 18.6. The van der Waals surface area contributed by atoms with Gasteiger partial charge in [-0.2, -0.15) is 0 Å². The molecule has 29 heavy (non-hydrogen) atoms. The summed E-state index contributed by atoms with van der Waals surface area (Å²) in [6, 6.07) is 8.01. The summed E-state index contributed by atoms with van der Waals surface area (Å²) >= 11 is 0. The number of rotatable bonds is 6. The van der Waals surface area contributed by atoms with Gasteiger partial charge in [0.05, 0.1) is 11.2 Å². The van der Waals surface area contributed by atoms with Crippen LogP contribution in [0.25, 0.3) is 6.08 Å². The summed E-state index contributed by atoms with van der Waals surface area (Å²) in [5.41, 5.74) is 1.74. The van der Waals surface area contributed by atoms with Crippen LogP contribution in [0.4, 0.5) is 4.79 Å². The van der Waals surface area contributed by atoms with E-state index in [1.807, 2.05) is 79.8 Å². The number of likely N-dealkylation sites (N-methyl/N-ethyl adjacent to an activating group) is 1. The van der Waals surface area contributed by atoms with Crippen LogP contribution >= 0.6 is 0 Å². The maximum Gasteiger partial charge on any atom is 0.491 e. The molecule has 1 aromatic carbocycles. The van der Waals surface area contributed by atoms with Crippen LogP contribution in [-0.2, 0) is 20.6 Å². The number of hydrogen-bond acceptors (Lipinski definition) is 5. The summed E-state index contributed by atoms with van der Waals surface area (Å²) in [4.78, 5) is 11.9. The summed E-state index contributed by atoms with van der Waals surface area (Å²) in [5, 5.41) is 5.99. The highest BCUT2D eigenvalue weighted by Crippen LogP contribution is 2.38. The average Bonchev–Trinajstić information content (AvgIpc) is 2.79. The summed E-state index contributed by atoms with van der Waals surface area (Å²) in [7, 11) is 1.50. The van der Waals surface area contributed by atoms with Crippen molar-refractivity contribution in [3.63, 3.8) is 0 Å². The van der Waals surface area contributed by atoms with Crippen LogP contribution in [0.2, 0.25) is 0 Å². The lowest BCUT2D eigenvalue weighted by atomic mass is 9.77. The molecule has 160 valence electrons. The second-order valence-electron chi connectivity index (χ2n) is 9.44. The van der Waals surface area contributed by atoms with Crippen LogP contribution in [0.3, 0.4) is 0 Å². The topological polar surface area (TPSA) is 68.8 Å². The molecule has 0 spiro atoms. The zero-order valence-electron chi connectivity index (χ0n) is 19.0. The molecule has 6 nitrogen and oxygen atoms in total. The quantitative estimate of drug-likeness (QED) is 0.706. The third-order valence-corrected chi connectivity index (χ3v) is 5.08. The molecule has 0 aliphatic carbocycles. The Morgan fingerprint density at radius 2 is 1.79 bits per heavy atom. The minimum Gasteiger partial charge on any atom is -0.444 e. The van der Waals surface area contributed by atoms with Crippen LogP contribution in [-0.4, -0.2) is 43.6 Å². The third-order valence-electron chi connectivity index (χ3n) is 5.08. The van der Waals surface area contributed by atoms with E-state index in [1.54, 1.807) is 0 Å². The van der Waals surface area contributed by atoms with Gasteiger partial charge >= 0.3 is 13.2 Å². The molecule has 1 aliphatic rings. The number of carbonyl (C=O) groups excluding carboxylic acids is 1. The van der Waals surface area contributed by atoms with Crippen molar-refractivity contribution in [3.05, 3.63) is 40.9 Å². The summed E-state index contributed by atoms with van der Waals surface area (Å²) in [6.45, 7) is 14.8. The Kier molecular flexibility index (Phi) is 7.20. The van der Waals surface area contributed by atoms with Crippen LogP contribution < -0.4 is 10.6 Å². The highest BCUT2D eigenvalue weighted by atomic mass is 16.7. The molecular formula is C22H35BN2O4. The molecule has 7 heteroatoms. The molecule has 1 aliphatic heterocycles. The average molecular weight is 402 g/mol. The predicted octanol–water partition coefficient (Wildman–Crippen LogP) is 3.95. The van der Waals surface area contributed by atoms with Gasteiger partial charge in [0, 0.05) is 13.1 Å². The first-order valence-electron chi connectivity index (χ1n) is 10.1. The van der Waals surface area contributed by atoms with Crippen molar-refractivity contribution in [2.45, 2.75) is 71.8 Å². The van der Waals surface area contributed by atoms with E-state index >= 15 is 0 Å². The van der Waals surface area contributed by atoms with Crippen LogP contribution in [0, 0.1) is 0 Å². The molecule has 0 radical (unpaired) electrons. The van der Waals surface area contributed by atoms with Gasteiger partial charge in [0.25, 0.3) is 0 Å². The Hall–Kier alpha value is -1.83. The van der Waals surface area contributed by atoms with Gasteiger partial charge in [0.2, 0.25) is 0 Å². The molecule has 1 saturated heterocycles. The number of benzene rings is 1. The van der Waals surface area contributed by atoms with Gasteiger partial charge in [-0.05, 0) is 72.1 Å². The Balaban J connectivity index is 2.13. The van der Waals surface area contributed by atoms with Crippen molar-refractivity contribution < 1.29 is 18.8 Å². The summed E-state index contributed by atoms with van der Waals surface area (Å²) < 4.78 is 17.7. The van der Waals surface area contributed by atoms with Gasteiger partial charge in [0.15, 0.2) is 0 Å². The van der Waals surface area contributed by atoms with Crippen molar-refractivity contribution in [2.75, 3.05) is 13.6 Å². The van der Waals surface area contributed by atoms with Gasteiger partial charge in [-0.25, -0.2) is 4.79 Å². The third kappa shape index (κ3) is 6.59. The molecule has 1 heterocycles. The fraction of sp³-hybridized carbons (Fsp3) is 0.591. The van der Waals surface area contributed by atoms with Gasteiger partial charge in [-0.3, -0.25) is 0 Å². The number of nitrogens with one attached hydrogen (secondary N) is 2. The van der Waals surface area contributed by atoms with Crippen molar-refractivity contribution in [3.8, 4) is 0 Å². The number of amides is 1. The van der Waals surface area contributed by atoms with E-state index in [0.717, 1.165) is 16.6 Å². The number of hydrogen-bond donors (Lipinski definition) is 2. The van der Waals surface area contributed by atoms with E-state index in [2.05, 4.69) is 16.7 Å². The maximum absolute atomic E-state index is 11.9. The van der Waals surface area contributed by atoms with Crippen molar-refractivity contribution >= 4 is 19.3 Å². The minimum absolute atomic E-state index is 0.385. The van der Waals surface area contributed by atoms with Crippen molar-refractivity contribution in [2.24, 2.45) is 0 Å². The van der Waals surface area contributed by atoms with Gasteiger partial charge < -0.3 is 24.7 Å². The zero-order chi connectivity index (χ0) is 21.9. The highest BCUT2D eigenvalue weighted by molar-refractivity contribution is 6.55. The summed E-state index contributed by atoms with van der Waals surface area (Å²) in [5.74, 6) is 0. The number of ether oxygens (including phenoxy) is 1. The van der Waals surface area contributed by atoms with E-state index in [0.29, 0.717) is 13.1 Å². The lowest BCUT2D eigenvalue weighted by molar-refractivity contribution is 0.00578. The lowest BCUT2D eigenvalue weighted by Crippen LogP contribution is -2.41. The number of carbonyl (C=O) groups is 1. The van der Waals surface area contributed by atoms with Gasteiger partial charge in [0.1, 0.15) is 5.60 Å². The van der Waals surface area contributed by atoms with Crippen LogP contribution in [0.1, 0.15) is 59.6 Å². The van der Waals surface area contributed by atoms with E-state index in [4.69, 9.17) is 14.0 Å². The van der Waals surface area contributed by atoms with Crippen LogP contribution in [0.15, 0.2) is 29.7 Å². The van der Waals surface area contributed by atoms with E-state index < -0.39 is 18.8 Å². The maximum atomic E-state index is 11.9. The first-order chi connectivity index (χ1) is 13.3. The van der Waals surface area contributed by atoms with E-state index in [9.17, 15) is 4.79 Å². The zero-order valence-corrected chi connectivity index (χ0v) is 19.0. The molecule has 1 aromatic rings. The molecular weight excluding hydrogens is 367 g/mol. The van der Waals surface area contributed by atoms with Gasteiger partial charge in [-0.1, -0.05) is 30.3 Å². The summed E-state index contributed by atoms with van der Waals surface area (Å²) in [6.07, 6.45) is 1.65. The Bertz CT molecular complexity index is 737. The monoisotopic (exact) mass is 402 g/mol. The lowest BCUT2D eigenvalue weighted by Gasteiger charge is -2.32.